The molecule has 0 bridgehead atoms. The molecule has 0 fully saturated rings. The van der Waals surface area contributed by atoms with Crippen LogP contribution in [-0.2, 0) is 28.7 Å². The maximum absolute atomic E-state index is 12.4. The Labute approximate surface area is 221 Å². The first-order chi connectivity index (χ1) is 18.3. The molecule has 0 saturated heterocycles. The topological polar surface area (TPSA) is 124 Å². The molecule has 2 aromatic rings. The van der Waals surface area contributed by atoms with Gasteiger partial charge in [0.2, 0.25) is 0 Å². The number of hydrogen-bond donors (Lipinski definition) is 0. The average molecular weight is 529 g/mol. The molecular formula is C28H32O10. The molecule has 38 heavy (non-hydrogen) atoms. The van der Waals surface area contributed by atoms with Gasteiger partial charge in [-0.25, -0.2) is 9.59 Å². The van der Waals surface area contributed by atoms with E-state index >= 15 is 0 Å². The lowest BCUT2D eigenvalue weighted by Gasteiger charge is -2.14. The highest BCUT2D eigenvalue weighted by Gasteiger charge is 2.22. The number of ether oxygens (including phenoxy) is 6. The molecule has 10 heteroatoms. The van der Waals surface area contributed by atoms with Gasteiger partial charge in [-0.3, -0.25) is 9.59 Å². The highest BCUT2D eigenvalue weighted by Crippen LogP contribution is 2.20. The number of rotatable bonds is 14. The van der Waals surface area contributed by atoms with Crippen LogP contribution in [0, 0.1) is 11.8 Å². The monoisotopic (exact) mass is 528 g/mol. The summed E-state index contributed by atoms with van der Waals surface area (Å²) in [6.45, 7) is 3.06. The van der Waals surface area contributed by atoms with Crippen molar-refractivity contribution < 1.29 is 47.6 Å². The van der Waals surface area contributed by atoms with Gasteiger partial charge in [-0.15, -0.1) is 0 Å². The standard InChI is InChI=1S/C28H32O10/c1-5-19(27(31)37-23-11-7-21(33-3)8-12-23)17-35-25(29)15-16-26(30)36-18-20(6-2)28(32)38-24-13-9-22(34-4)10-14-24/h7-16,19-20H,5-6,17-18H2,1-4H3/b16-15+. The van der Waals surface area contributed by atoms with E-state index in [-0.39, 0.29) is 13.2 Å². The van der Waals surface area contributed by atoms with Crippen LogP contribution < -0.4 is 18.9 Å². The van der Waals surface area contributed by atoms with E-state index < -0.39 is 35.7 Å². The van der Waals surface area contributed by atoms with Gasteiger partial charge in [-0.1, -0.05) is 13.8 Å². The molecule has 0 aliphatic carbocycles. The lowest BCUT2D eigenvalue weighted by atomic mass is 10.1. The zero-order valence-corrected chi connectivity index (χ0v) is 21.8. The largest absolute Gasteiger partial charge is 0.497 e. The van der Waals surface area contributed by atoms with Crippen molar-refractivity contribution in [3.8, 4) is 23.0 Å². The van der Waals surface area contributed by atoms with Gasteiger partial charge in [0.05, 0.1) is 26.1 Å². The quantitative estimate of drug-likeness (QED) is 0.202. The summed E-state index contributed by atoms with van der Waals surface area (Å²) in [7, 11) is 3.06. The highest BCUT2D eigenvalue weighted by atomic mass is 16.6. The van der Waals surface area contributed by atoms with Gasteiger partial charge >= 0.3 is 23.9 Å². The molecule has 0 aromatic heterocycles. The highest BCUT2D eigenvalue weighted by molar-refractivity contribution is 5.92. The Morgan fingerprint density at radius 3 is 1.21 bits per heavy atom. The molecule has 0 saturated carbocycles. The van der Waals surface area contributed by atoms with E-state index in [4.69, 9.17) is 28.4 Å². The predicted octanol–water partition coefficient (Wildman–Crippen LogP) is 3.91. The molecule has 0 aliphatic heterocycles. The lowest BCUT2D eigenvalue weighted by Crippen LogP contribution is -2.26. The van der Waals surface area contributed by atoms with E-state index in [2.05, 4.69) is 0 Å². The first kappa shape index (κ1) is 29.9. The minimum Gasteiger partial charge on any atom is -0.497 e. The normalized spacial score (nSPS) is 12.2. The second kappa shape index (κ2) is 15.7. The van der Waals surface area contributed by atoms with Gasteiger partial charge in [0.1, 0.15) is 36.2 Å². The number of carbonyl (C=O) groups excluding carboxylic acids is 4. The van der Waals surface area contributed by atoms with Gasteiger partial charge < -0.3 is 28.4 Å². The molecule has 2 aromatic carbocycles. The van der Waals surface area contributed by atoms with E-state index in [0.717, 1.165) is 12.2 Å². The van der Waals surface area contributed by atoms with E-state index in [1.165, 1.54) is 14.2 Å². The fraction of sp³-hybridized carbons (Fsp3) is 0.357. The van der Waals surface area contributed by atoms with Crippen molar-refractivity contribution in [2.75, 3.05) is 27.4 Å². The molecule has 204 valence electrons. The average Bonchev–Trinajstić information content (AvgIpc) is 2.93. The third-order valence-electron chi connectivity index (χ3n) is 5.42. The molecule has 0 N–H and O–H groups in total. The van der Waals surface area contributed by atoms with Gasteiger partial charge in [0.15, 0.2) is 0 Å². The summed E-state index contributed by atoms with van der Waals surface area (Å²) in [5, 5.41) is 0. The Balaban J connectivity index is 1.76. The molecular weight excluding hydrogens is 496 g/mol. The zero-order valence-electron chi connectivity index (χ0n) is 21.8. The van der Waals surface area contributed by atoms with Gasteiger partial charge in [0.25, 0.3) is 0 Å². The molecule has 2 unspecified atom stereocenters. The summed E-state index contributed by atoms with van der Waals surface area (Å²) in [6, 6.07) is 13.0. The van der Waals surface area contributed by atoms with Crippen LogP contribution in [0.3, 0.4) is 0 Å². The smallest absolute Gasteiger partial charge is 0.331 e. The van der Waals surface area contributed by atoms with Gasteiger partial charge in [-0.05, 0) is 61.4 Å². The third kappa shape index (κ3) is 9.96. The Morgan fingerprint density at radius 1 is 0.605 bits per heavy atom. The molecule has 0 amide bonds. The van der Waals surface area contributed by atoms with E-state index in [1.54, 1.807) is 62.4 Å². The van der Waals surface area contributed by atoms with Crippen molar-refractivity contribution in [2.24, 2.45) is 11.8 Å². The summed E-state index contributed by atoms with van der Waals surface area (Å²) in [6.07, 6.45) is 2.53. The lowest BCUT2D eigenvalue weighted by molar-refractivity contribution is -0.149. The molecule has 2 rings (SSSR count). The fourth-order valence-electron chi connectivity index (χ4n) is 2.99. The molecule has 2 atom stereocenters. The van der Waals surface area contributed by atoms with Crippen LogP contribution in [0.2, 0.25) is 0 Å². The Morgan fingerprint density at radius 2 is 0.921 bits per heavy atom. The first-order valence-electron chi connectivity index (χ1n) is 12.0. The van der Waals surface area contributed by atoms with Crippen LogP contribution in [0.25, 0.3) is 0 Å². The van der Waals surface area contributed by atoms with E-state index in [0.29, 0.717) is 35.8 Å². The van der Waals surface area contributed by atoms with Crippen LogP contribution in [0.15, 0.2) is 60.7 Å². The minimum absolute atomic E-state index is 0.223. The van der Waals surface area contributed by atoms with Crippen LogP contribution >= 0.6 is 0 Å². The van der Waals surface area contributed by atoms with Gasteiger partial charge in [0, 0.05) is 12.2 Å². The minimum atomic E-state index is -0.830. The number of hydrogen-bond acceptors (Lipinski definition) is 10. The van der Waals surface area contributed by atoms with Crippen molar-refractivity contribution in [2.45, 2.75) is 26.7 Å². The molecule has 0 aliphatic rings. The number of esters is 4. The summed E-state index contributed by atoms with van der Waals surface area (Å²) in [5.41, 5.74) is 0. The summed E-state index contributed by atoms with van der Waals surface area (Å²) < 4.78 is 30.9. The number of methoxy groups -OCH3 is 2. The Hall–Kier alpha value is -4.34. The number of benzene rings is 2. The van der Waals surface area contributed by atoms with Crippen molar-refractivity contribution >= 4 is 23.9 Å². The molecule has 0 heterocycles. The Bertz CT molecular complexity index is 1000. The summed E-state index contributed by atoms with van der Waals surface area (Å²) >= 11 is 0. The second-order valence-corrected chi connectivity index (χ2v) is 8.00. The fourth-order valence-corrected chi connectivity index (χ4v) is 2.99. The third-order valence-corrected chi connectivity index (χ3v) is 5.42. The van der Waals surface area contributed by atoms with E-state index in [1.807, 2.05) is 0 Å². The number of carbonyl (C=O) groups is 4. The summed E-state index contributed by atoms with van der Waals surface area (Å²) in [5.74, 6) is -2.24. The molecule has 10 nitrogen and oxygen atoms in total. The van der Waals surface area contributed by atoms with Crippen LogP contribution in [0.4, 0.5) is 0 Å². The zero-order chi connectivity index (χ0) is 27.9. The van der Waals surface area contributed by atoms with Crippen molar-refractivity contribution in [3.05, 3.63) is 60.7 Å². The van der Waals surface area contributed by atoms with Crippen molar-refractivity contribution in [3.63, 3.8) is 0 Å². The first-order valence-corrected chi connectivity index (χ1v) is 12.0. The molecule has 0 spiro atoms. The SMILES string of the molecule is CCC(COC(=O)/C=C/C(=O)OCC(CC)C(=O)Oc1ccc(OC)cc1)C(=O)Oc1ccc(OC)cc1. The maximum atomic E-state index is 12.4. The van der Waals surface area contributed by atoms with Crippen molar-refractivity contribution in [1.29, 1.82) is 0 Å². The van der Waals surface area contributed by atoms with E-state index in [9.17, 15) is 19.2 Å². The van der Waals surface area contributed by atoms with Crippen molar-refractivity contribution in [1.82, 2.24) is 0 Å². The predicted molar refractivity (Wildman–Crippen MR) is 136 cm³/mol. The Kier molecular flexibility index (Phi) is 12.4. The maximum Gasteiger partial charge on any atom is 0.331 e. The van der Waals surface area contributed by atoms with Crippen LogP contribution in [0.5, 0.6) is 23.0 Å². The molecule has 0 radical (unpaired) electrons. The van der Waals surface area contributed by atoms with Gasteiger partial charge in [-0.2, -0.15) is 0 Å². The van der Waals surface area contributed by atoms with Crippen LogP contribution in [-0.4, -0.2) is 51.3 Å². The summed E-state index contributed by atoms with van der Waals surface area (Å²) in [4.78, 5) is 48.8. The second-order valence-electron chi connectivity index (χ2n) is 8.00. The van der Waals surface area contributed by atoms with Crippen LogP contribution in [0.1, 0.15) is 26.7 Å².